The lowest BCUT2D eigenvalue weighted by Crippen LogP contribution is -2.19. The van der Waals surface area contributed by atoms with Gasteiger partial charge in [0.05, 0.1) is 0 Å². The van der Waals surface area contributed by atoms with Crippen molar-refractivity contribution in [3.05, 3.63) is 47.5 Å². The largest absolute Gasteiger partial charge is 0.399 e. The van der Waals surface area contributed by atoms with E-state index in [-0.39, 0.29) is 5.78 Å². The Bertz CT molecular complexity index is 750. The van der Waals surface area contributed by atoms with Crippen LogP contribution in [-0.4, -0.2) is 32.4 Å². The summed E-state index contributed by atoms with van der Waals surface area (Å²) in [5.74, 6) is 0.108. The van der Waals surface area contributed by atoms with Crippen LogP contribution in [0.4, 0.5) is 11.4 Å². The van der Waals surface area contributed by atoms with Gasteiger partial charge in [-0.05, 0) is 48.9 Å². The van der Waals surface area contributed by atoms with Crippen molar-refractivity contribution < 1.29 is 4.79 Å². The number of anilines is 2. The highest BCUT2D eigenvalue weighted by Gasteiger charge is 2.33. The SMILES string of the molecule is CN(C)c1ccc2c(c1)S(C)(C)c1cc(N)ccc1C2=O. The van der Waals surface area contributed by atoms with Crippen LogP contribution in [0.2, 0.25) is 0 Å². The first-order valence-corrected chi connectivity index (χ1v) is 9.26. The summed E-state index contributed by atoms with van der Waals surface area (Å²) in [6.07, 6.45) is 4.46. The fourth-order valence-corrected chi connectivity index (χ4v) is 5.32. The second-order valence-corrected chi connectivity index (χ2v) is 9.52. The lowest BCUT2D eigenvalue weighted by molar-refractivity contribution is 0.103. The van der Waals surface area contributed by atoms with Gasteiger partial charge in [-0.15, -0.1) is 0 Å². The maximum absolute atomic E-state index is 12.7. The molecule has 0 unspecified atom stereocenters. The van der Waals surface area contributed by atoms with E-state index < -0.39 is 10.0 Å². The van der Waals surface area contributed by atoms with Gasteiger partial charge in [-0.25, -0.2) is 0 Å². The van der Waals surface area contributed by atoms with Gasteiger partial charge in [0.2, 0.25) is 0 Å². The molecule has 0 spiro atoms. The molecule has 2 aromatic rings. The Hall–Kier alpha value is -1.94. The number of benzene rings is 2. The smallest absolute Gasteiger partial charge is 0.195 e. The van der Waals surface area contributed by atoms with E-state index >= 15 is 0 Å². The van der Waals surface area contributed by atoms with Gasteiger partial charge in [0.15, 0.2) is 5.78 Å². The molecule has 3 rings (SSSR count). The van der Waals surface area contributed by atoms with Crippen LogP contribution in [0.15, 0.2) is 46.2 Å². The molecule has 0 amide bonds. The van der Waals surface area contributed by atoms with E-state index in [2.05, 4.69) is 23.5 Å². The molecule has 0 aliphatic carbocycles. The van der Waals surface area contributed by atoms with Crippen molar-refractivity contribution in [2.45, 2.75) is 9.79 Å². The second kappa shape index (κ2) is 4.53. The van der Waals surface area contributed by atoms with E-state index in [0.717, 1.165) is 26.6 Å². The predicted molar refractivity (Wildman–Crippen MR) is 91.0 cm³/mol. The third-order valence-corrected chi connectivity index (χ3v) is 6.95. The number of nitrogens with zero attached hydrogens (tertiary/aromatic N) is 1. The van der Waals surface area contributed by atoms with Crippen molar-refractivity contribution >= 4 is 27.2 Å². The van der Waals surface area contributed by atoms with Gasteiger partial charge in [-0.1, -0.05) is 0 Å². The Morgan fingerprint density at radius 3 is 2.14 bits per heavy atom. The highest BCUT2D eigenvalue weighted by Crippen LogP contribution is 2.62. The average Bonchev–Trinajstić information content (AvgIpc) is 2.44. The summed E-state index contributed by atoms with van der Waals surface area (Å²) in [5, 5.41) is 0. The molecular formula is C17H20N2OS. The Balaban J connectivity index is 2.30. The average molecular weight is 300 g/mol. The van der Waals surface area contributed by atoms with Crippen LogP contribution in [0.1, 0.15) is 15.9 Å². The summed E-state index contributed by atoms with van der Waals surface area (Å²) in [7, 11) is 2.79. The van der Waals surface area contributed by atoms with Crippen molar-refractivity contribution in [2.75, 3.05) is 37.2 Å². The number of rotatable bonds is 1. The molecule has 0 radical (unpaired) electrons. The molecule has 21 heavy (non-hydrogen) atoms. The summed E-state index contributed by atoms with van der Waals surface area (Å²) in [6.45, 7) is 0. The third kappa shape index (κ3) is 2.02. The molecule has 1 heterocycles. The summed E-state index contributed by atoms with van der Waals surface area (Å²) in [5.41, 5.74) is 9.41. The molecule has 0 saturated heterocycles. The molecule has 0 fully saturated rings. The molecule has 2 N–H and O–H groups in total. The lowest BCUT2D eigenvalue weighted by atomic mass is 10.0. The minimum absolute atomic E-state index is 0.108. The molecule has 2 aromatic carbocycles. The third-order valence-electron chi connectivity index (χ3n) is 4.08. The van der Waals surface area contributed by atoms with Crippen LogP contribution in [0.3, 0.4) is 0 Å². The number of nitrogens with two attached hydrogens (primary N) is 1. The Kier molecular flexibility index (Phi) is 3.02. The summed E-state index contributed by atoms with van der Waals surface area (Å²) >= 11 is 0. The van der Waals surface area contributed by atoms with Gasteiger partial charge < -0.3 is 10.6 Å². The molecular weight excluding hydrogens is 280 g/mol. The van der Waals surface area contributed by atoms with Gasteiger partial charge >= 0.3 is 0 Å². The van der Waals surface area contributed by atoms with Crippen molar-refractivity contribution in [3.8, 4) is 0 Å². The number of carbonyl (C=O) groups is 1. The summed E-state index contributed by atoms with van der Waals surface area (Å²) < 4.78 is 0. The minimum Gasteiger partial charge on any atom is -0.399 e. The molecule has 3 nitrogen and oxygen atoms in total. The molecule has 4 heteroatoms. The zero-order valence-corrected chi connectivity index (χ0v) is 13.6. The molecule has 0 atom stereocenters. The van der Waals surface area contributed by atoms with Crippen LogP contribution in [-0.2, 0) is 0 Å². The minimum atomic E-state index is -1.24. The maximum atomic E-state index is 12.7. The van der Waals surface area contributed by atoms with Crippen LogP contribution >= 0.6 is 10.0 Å². The molecule has 0 saturated carbocycles. The highest BCUT2D eigenvalue weighted by molar-refractivity contribution is 8.32. The van der Waals surface area contributed by atoms with Gasteiger partial charge in [0.25, 0.3) is 0 Å². The van der Waals surface area contributed by atoms with Crippen LogP contribution in [0, 0.1) is 0 Å². The first-order valence-electron chi connectivity index (χ1n) is 6.81. The molecule has 1 aliphatic rings. The van der Waals surface area contributed by atoms with E-state index in [0.29, 0.717) is 5.69 Å². The first kappa shape index (κ1) is 14.0. The fourth-order valence-electron chi connectivity index (χ4n) is 2.81. The zero-order chi connectivity index (χ0) is 15.4. The number of ketones is 1. The standard InChI is InChI=1S/C17H20N2OS/c1-19(2)12-6-8-14-16(10-12)21(3,4)15-9-11(18)5-7-13(15)17(14)20/h5-10H,18H2,1-4H3. The summed E-state index contributed by atoms with van der Waals surface area (Å²) in [6, 6.07) is 11.8. The van der Waals surface area contributed by atoms with Gasteiger partial charge in [-0.3, -0.25) is 4.79 Å². The van der Waals surface area contributed by atoms with E-state index in [9.17, 15) is 4.79 Å². The molecule has 1 aliphatic heterocycles. The quantitative estimate of drug-likeness (QED) is 0.821. The number of hydrogen-bond acceptors (Lipinski definition) is 3. The fraction of sp³-hybridized carbons (Fsp3) is 0.235. The van der Waals surface area contributed by atoms with E-state index in [1.807, 2.05) is 44.4 Å². The van der Waals surface area contributed by atoms with Crippen molar-refractivity contribution in [1.82, 2.24) is 0 Å². The Labute approximate surface area is 127 Å². The molecule has 0 bridgehead atoms. The Morgan fingerprint density at radius 1 is 0.952 bits per heavy atom. The second-order valence-electron chi connectivity index (χ2n) is 5.99. The maximum Gasteiger partial charge on any atom is 0.195 e. The highest BCUT2D eigenvalue weighted by atomic mass is 32.3. The van der Waals surface area contributed by atoms with Crippen LogP contribution in [0.5, 0.6) is 0 Å². The predicted octanol–water partition coefficient (Wildman–Crippen LogP) is 3.36. The lowest BCUT2D eigenvalue weighted by Gasteiger charge is -2.39. The van der Waals surface area contributed by atoms with Crippen molar-refractivity contribution in [1.29, 1.82) is 0 Å². The molecule has 0 aromatic heterocycles. The Morgan fingerprint density at radius 2 is 1.52 bits per heavy atom. The first-order chi connectivity index (χ1) is 9.82. The van der Waals surface area contributed by atoms with E-state index in [1.165, 1.54) is 0 Å². The van der Waals surface area contributed by atoms with E-state index in [1.54, 1.807) is 0 Å². The van der Waals surface area contributed by atoms with Crippen LogP contribution in [0.25, 0.3) is 0 Å². The van der Waals surface area contributed by atoms with Gasteiger partial charge in [-0.2, -0.15) is 10.0 Å². The molecule has 110 valence electrons. The van der Waals surface area contributed by atoms with Gasteiger partial charge in [0, 0.05) is 46.4 Å². The van der Waals surface area contributed by atoms with Gasteiger partial charge in [0.1, 0.15) is 0 Å². The number of nitrogen functional groups attached to an aromatic ring is 1. The monoisotopic (exact) mass is 300 g/mol. The van der Waals surface area contributed by atoms with Crippen LogP contribution < -0.4 is 10.6 Å². The number of fused-ring (bicyclic) bond motifs is 2. The normalized spacial score (nSPS) is 16.9. The van der Waals surface area contributed by atoms with E-state index in [4.69, 9.17) is 5.73 Å². The zero-order valence-electron chi connectivity index (χ0n) is 12.8. The number of carbonyl (C=O) groups excluding carboxylic acids is 1. The number of hydrogen-bond donors (Lipinski definition) is 1. The van der Waals surface area contributed by atoms with Crippen molar-refractivity contribution in [2.24, 2.45) is 0 Å². The topological polar surface area (TPSA) is 46.3 Å². The summed E-state index contributed by atoms with van der Waals surface area (Å²) in [4.78, 5) is 17.1. The van der Waals surface area contributed by atoms with Crippen molar-refractivity contribution in [3.63, 3.8) is 0 Å².